The number of rotatable bonds is 6. The number of benzene rings is 1. The smallest absolute Gasteiger partial charge is 0.188 e. The fourth-order valence-electron chi connectivity index (χ4n) is 2.35. The molecule has 0 aliphatic rings. The van der Waals surface area contributed by atoms with Gasteiger partial charge < -0.3 is 10.6 Å². The first-order valence-electron chi connectivity index (χ1n) is 8.08. The van der Waals surface area contributed by atoms with Gasteiger partial charge in [-0.05, 0) is 19.1 Å². The molecule has 0 amide bonds. The van der Waals surface area contributed by atoms with Crippen LogP contribution in [0.15, 0.2) is 57.9 Å². The predicted molar refractivity (Wildman–Crippen MR) is 106 cm³/mol. The largest absolute Gasteiger partial charge is 0.394 e. The molecule has 0 saturated heterocycles. The summed E-state index contributed by atoms with van der Waals surface area (Å²) in [6, 6.07) is 12.6. The number of thiazole rings is 1. The fraction of sp³-hybridized carbons (Fsp3) is 0.167. The third-order valence-corrected chi connectivity index (χ3v) is 5.57. The lowest BCUT2D eigenvalue weighted by Gasteiger charge is -2.07. The molecule has 0 saturated carbocycles. The van der Waals surface area contributed by atoms with E-state index in [-0.39, 0.29) is 16.4 Å². The van der Waals surface area contributed by atoms with Crippen LogP contribution in [-0.2, 0) is 14.7 Å². The molecule has 0 radical (unpaired) electrons. The number of hydrogen-bond donors (Lipinski definition) is 1. The molecule has 0 atom stereocenters. The van der Waals surface area contributed by atoms with E-state index >= 15 is 0 Å². The monoisotopic (exact) mass is 402 g/mol. The van der Waals surface area contributed by atoms with Crippen molar-refractivity contribution in [1.82, 2.24) is 9.97 Å². The van der Waals surface area contributed by atoms with Crippen LogP contribution in [0.2, 0.25) is 0 Å². The van der Waals surface area contributed by atoms with Gasteiger partial charge >= 0.3 is 0 Å². The van der Waals surface area contributed by atoms with E-state index in [1.807, 2.05) is 35.7 Å². The van der Waals surface area contributed by atoms with Crippen LogP contribution in [0.4, 0.5) is 0 Å². The second kappa shape index (κ2) is 7.85. The molecule has 0 aliphatic heterocycles. The number of nitrogens with zero attached hydrogens (tertiary/aromatic N) is 3. The van der Waals surface area contributed by atoms with Gasteiger partial charge in [0.15, 0.2) is 15.7 Å². The molecule has 2 N–H and O–H groups in total. The van der Waals surface area contributed by atoms with Gasteiger partial charge in [-0.25, -0.2) is 18.4 Å². The lowest BCUT2D eigenvalue weighted by Crippen LogP contribution is -2.17. The van der Waals surface area contributed by atoms with Gasteiger partial charge in [0, 0.05) is 17.2 Å². The quantitative estimate of drug-likeness (QED) is 0.386. The van der Waals surface area contributed by atoms with Crippen molar-refractivity contribution in [2.45, 2.75) is 11.8 Å². The molecular formula is C18H18N4O3S2. The molecule has 140 valence electrons. The molecule has 3 rings (SSSR count). The normalized spacial score (nSPS) is 12.1. The summed E-state index contributed by atoms with van der Waals surface area (Å²) in [4.78, 5) is 14.0. The minimum Gasteiger partial charge on any atom is -0.394 e. The van der Waals surface area contributed by atoms with E-state index in [4.69, 9.17) is 10.6 Å². The topological polar surface area (TPSA) is 108 Å². The number of aromatic nitrogens is 2. The first-order valence-corrected chi connectivity index (χ1v) is 10.9. The van der Waals surface area contributed by atoms with Crippen LogP contribution in [0.3, 0.4) is 0 Å². The Morgan fingerprint density at radius 1 is 1.19 bits per heavy atom. The standard InChI is InChI=1S/C18H18N4O3S2/c1-3-25-22-17(19)13-9-10-15(27(2,23)24)16(20-13)18-21-14(11-26-18)12-7-5-4-6-8-12/h4-11H,3H2,1-2H3,(H2,19,22). The third-order valence-electron chi connectivity index (χ3n) is 3.59. The second-order valence-electron chi connectivity index (χ2n) is 5.61. The van der Waals surface area contributed by atoms with Crippen molar-refractivity contribution in [3.05, 3.63) is 53.5 Å². The van der Waals surface area contributed by atoms with Crippen LogP contribution in [0.25, 0.3) is 22.0 Å². The minimum atomic E-state index is -3.50. The summed E-state index contributed by atoms with van der Waals surface area (Å²) in [6.07, 6.45) is 1.14. The minimum absolute atomic E-state index is 0.0676. The Labute approximate surface area is 161 Å². The van der Waals surface area contributed by atoms with Gasteiger partial charge in [0.25, 0.3) is 0 Å². The van der Waals surface area contributed by atoms with Gasteiger partial charge in [-0.2, -0.15) is 0 Å². The van der Waals surface area contributed by atoms with Gasteiger partial charge in [-0.3, -0.25) is 0 Å². The Kier molecular flexibility index (Phi) is 5.52. The maximum Gasteiger partial charge on any atom is 0.188 e. The zero-order chi connectivity index (χ0) is 19.4. The molecule has 2 heterocycles. The molecule has 0 aliphatic carbocycles. The van der Waals surface area contributed by atoms with E-state index in [1.165, 1.54) is 23.5 Å². The highest BCUT2D eigenvalue weighted by Gasteiger charge is 2.20. The van der Waals surface area contributed by atoms with Crippen LogP contribution < -0.4 is 5.73 Å². The fourth-order valence-corrected chi connectivity index (χ4v) is 4.05. The van der Waals surface area contributed by atoms with Crippen molar-refractivity contribution in [3.8, 4) is 22.0 Å². The van der Waals surface area contributed by atoms with Gasteiger partial charge in [-0.15, -0.1) is 11.3 Å². The van der Waals surface area contributed by atoms with Crippen LogP contribution in [0.1, 0.15) is 12.6 Å². The summed E-state index contributed by atoms with van der Waals surface area (Å²) < 4.78 is 24.4. The summed E-state index contributed by atoms with van der Waals surface area (Å²) in [6.45, 7) is 2.14. The van der Waals surface area contributed by atoms with Crippen molar-refractivity contribution < 1.29 is 13.3 Å². The summed E-state index contributed by atoms with van der Waals surface area (Å²) in [5.74, 6) is 0.0676. The van der Waals surface area contributed by atoms with Gasteiger partial charge in [-0.1, -0.05) is 35.5 Å². The number of amidine groups is 1. The zero-order valence-corrected chi connectivity index (χ0v) is 16.4. The van der Waals surface area contributed by atoms with E-state index in [0.29, 0.717) is 17.3 Å². The summed E-state index contributed by atoms with van der Waals surface area (Å²) in [5, 5.41) is 6.11. The molecule has 9 heteroatoms. The molecular weight excluding hydrogens is 384 g/mol. The van der Waals surface area contributed by atoms with E-state index in [0.717, 1.165) is 17.5 Å². The molecule has 1 aromatic carbocycles. The molecule has 2 aromatic heterocycles. The molecule has 0 spiro atoms. The average Bonchev–Trinajstić information content (AvgIpc) is 3.15. The van der Waals surface area contributed by atoms with Crippen molar-refractivity contribution >= 4 is 27.0 Å². The SMILES string of the molecule is CCO/N=C(\N)c1ccc(S(C)(=O)=O)c(-c2nc(-c3ccccc3)cs2)n1. The third kappa shape index (κ3) is 4.32. The lowest BCUT2D eigenvalue weighted by molar-refractivity contribution is 0.158. The predicted octanol–water partition coefficient (Wildman–Crippen LogP) is 2.93. The number of nitrogens with two attached hydrogens (primary N) is 1. The van der Waals surface area contributed by atoms with Crippen LogP contribution in [-0.4, -0.2) is 37.1 Å². The molecule has 0 fully saturated rings. The zero-order valence-electron chi connectivity index (χ0n) is 14.8. The molecule has 7 nitrogen and oxygen atoms in total. The van der Waals surface area contributed by atoms with Gasteiger partial charge in [0.2, 0.25) is 0 Å². The Morgan fingerprint density at radius 3 is 2.59 bits per heavy atom. The summed E-state index contributed by atoms with van der Waals surface area (Å²) >= 11 is 1.32. The molecule has 0 unspecified atom stereocenters. The van der Waals surface area contributed by atoms with E-state index in [9.17, 15) is 8.42 Å². The van der Waals surface area contributed by atoms with Crippen LogP contribution in [0, 0.1) is 0 Å². The highest BCUT2D eigenvalue weighted by molar-refractivity contribution is 7.90. The lowest BCUT2D eigenvalue weighted by atomic mass is 10.2. The van der Waals surface area contributed by atoms with E-state index in [2.05, 4.69) is 15.1 Å². The molecule has 3 aromatic rings. The number of pyridine rings is 1. The number of oxime groups is 1. The Balaban J connectivity index is 2.11. The Bertz CT molecular complexity index is 1080. The summed E-state index contributed by atoms with van der Waals surface area (Å²) in [5.41, 5.74) is 8.14. The average molecular weight is 403 g/mol. The van der Waals surface area contributed by atoms with Gasteiger partial charge in [0.1, 0.15) is 23.0 Å². The van der Waals surface area contributed by atoms with E-state index in [1.54, 1.807) is 6.92 Å². The maximum absolute atomic E-state index is 12.2. The van der Waals surface area contributed by atoms with Crippen molar-refractivity contribution in [1.29, 1.82) is 0 Å². The Morgan fingerprint density at radius 2 is 1.93 bits per heavy atom. The first-order chi connectivity index (χ1) is 12.9. The number of hydrogen-bond acceptors (Lipinski definition) is 7. The highest BCUT2D eigenvalue weighted by Crippen LogP contribution is 2.31. The van der Waals surface area contributed by atoms with Gasteiger partial charge in [0.05, 0.1) is 10.6 Å². The Hall–Kier alpha value is -2.78. The van der Waals surface area contributed by atoms with Crippen molar-refractivity contribution in [2.75, 3.05) is 12.9 Å². The molecule has 27 heavy (non-hydrogen) atoms. The second-order valence-corrected chi connectivity index (χ2v) is 8.46. The van der Waals surface area contributed by atoms with E-state index < -0.39 is 9.84 Å². The van der Waals surface area contributed by atoms with Crippen molar-refractivity contribution in [3.63, 3.8) is 0 Å². The van der Waals surface area contributed by atoms with Crippen molar-refractivity contribution in [2.24, 2.45) is 10.9 Å². The van der Waals surface area contributed by atoms with Crippen LogP contribution >= 0.6 is 11.3 Å². The maximum atomic E-state index is 12.2. The number of sulfone groups is 1. The van der Waals surface area contributed by atoms with Crippen LogP contribution in [0.5, 0.6) is 0 Å². The highest BCUT2D eigenvalue weighted by atomic mass is 32.2. The summed E-state index contributed by atoms with van der Waals surface area (Å²) in [7, 11) is -3.50. The first kappa shape index (κ1) is 19.0. The molecule has 0 bridgehead atoms.